The molecule has 1 amide bonds. The summed E-state index contributed by atoms with van der Waals surface area (Å²) >= 11 is 1.41. The maximum atomic E-state index is 12.6. The van der Waals surface area contributed by atoms with E-state index in [2.05, 4.69) is 29.3 Å². The van der Waals surface area contributed by atoms with Crippen molar-refractivity contribution in [3.8, 4) is 17.1 Å². The zero-order valence-corrected chi connectivity index (χ0v) is 18.1. The zero-order chi connectivity index (χ0) is 20.8. The van der Waals surface area contributed by atoms with Crippen molar-refractivity contribution < 1.29 is 9.53 Å². The summed E-state index contributed by atoms with van der Waals surface area (Å²) in [5.41, 5.74) is 3.23. The van der Waals surface area contributed by atoms with Gasteiger partial charge in [-0.1, -0.05) is 48.2 Å². The van der Waals surface area contributed by atoms with E-state index in [0.717, 1.165) is 27.9 Å². The third-order valence-corrected chi connectivity index (χ3v) is 5.75. The minimum absolute atomic E-state index is 0.0581. The second kappa shape index (κ2) is 9.60. The van der Waals surface area contributed by atoms with Crippen molar-refractivity contribution in [3.05, 3.63) is 59.7 Å². The van der Waals surface area contributed by atoms with Gasteiger partial charge in [0.1, 0.15) is 5.75 Å². The van der Waals surface area contributed by atoms with Gasteiger partial charge < -0.3 is 14.2 Å². The highest BCUT2D eigenvalue weighted by Crippen LogP contribution is 2.30. The van der Waals surface area contributed by atoms with Crippen molar-refractivity contribution in [2.75, 3.05) is 19.9 Å². The molecule has 1 heterocycles. The molecule has 7 heteroatoms. The molecule has 3 aromatic rings. The lowest BCUT2D eigenvalue weighted by atomic mass is 10.1. The Morgan fingerprint density at radius 1 is 1.14 bits per heavy atom. The van der Waals surface area contributed by atoms with Gasteiger partial charge >= 0.3 is 0 Å². The molecule has 0 aliphatic carbocycles. The van der Waals surface area contributed by atoms with Crippen molar-refractivity contribution in [3.63, 3.8) is 0 Å². The van der Waals surface area contributed by atoms with Crippen LogP contribution in [0, 0.1) is 6.92 Å². The first kappa shape index (κ1) is 20.9. The van der Waals surface area contributed by atoms with Gasteiger partial charge in [-0.25, -0.2) is 0 Å². The molecule has 1 aromatic heterocycles. The largest absolute Gasteiger partial charge is 0.496 e. The maximum Gasteiger partial charge on any atom is 0.233 e. The lowest BCUT2D eigenvalue weighted by Gasteiger charge is -2.18. The monoisotopic (exact) mass is 410 g/mol. The third kappa shape index (κ3) is 4.79. The lowest BCUT2D eigenvalue weighted by molar-refractivity contribution is -0.127. The summed E-state index contributed by atoms with van der Waals surface area (Å²) in [7, 11) is 3.48. The van der Waals surface area contributed by atoms with E-state index in [1.54, 1.807) is 12.0 Å². The first-order valence-corrected chi connectivity index (χ1v) is 10.5. The van der Waals surface area contributed by atoms with Gasteiger partial charge in [-0.05, 0) is 37.1 Å². The molecule has 0 aliphatic heterocycles. The van der Waals surface area contributed by atoms with Crippen molar-refractivity contribution in [2.24, 2.45) is 0 Å². The zero-order valence-electron chi connectivity index (χ0n) is 17.3. The normalized spacial score (nSPS) is 10.8. The highest BCUT2D eigenvalue weighted by molar-refractivity contribution is 7.99. The first-order chi connectivity index (χ1) is 14.0. The molecule has 0 N–H and O–H groups in total. The number of ether oxygens (including phenoxy) is 1. The number of carbonyl (C=O) groups is 1. The fraction of sp³-hybridized carbons (Fsp3) is 0.318. The fourth-order valence-electron chi connectivity index (χ4n) is 3.08. The van der Waals surface area contributed by atoms with E-state index in [1.165, 1.54) is 17.3 Å². The Hall–Kier alpha value is -2.80. The van der Waals surface area contributed by atoms with Gasteiger partial charge in [-0.2, -0.15) is 0 Å². The summed E-state index contributed by atoms with van der Waals surface area (Å²) in [5, 5.41) is 9.40. The van der Waals surface area contributed by atoms with E-state index in [0.29, 0.717) is 18.8 Å². The van der Waals surface area contributed by atoms with E-state index >= 15 is 0 Å². The van der Waals surface area contributed by atoms with Crippen molar-refractivity contribution in [1.82, 2.24) is 19.7 Å². The average molecular weight is 411 g/mol. The van der Waals surface area contributed by atoms with E-state index in [4.69, 9.17) is 4.74 Å². The second-order valence-corrected chi connectivity index (χ2v) is 7.66. The van der Waals surface area contributed by atoms with Crippen LogP contribution in [0.15, 0.2) is 53.7 Å². The van der Waals surface area contributed by atoms with Crippen molar-refractivity contribution >= 4 is 17.7 Å². The van der Waals surface area contributed by atoms with Crippen LogP contribution in [0.3, 0.4) is 0 Å². The number of hydrogen-bond acceptors (Lipinski definition) is 5. The Morgan fingerprint density at radius 2 is 1.86 bits per heavy atom. The topological polar surface area (TPSA) is 60.2 Å². The van der Waals surface area contributed by atoms with Crippen LogP contribution >= 0.6 is 11.8 Å². The van der Waals surface area contributed by atoms with E-state index in [1.807, 2.05) is 54.9 Å². The molecule has 0 spiro atoms. The minimum Gasteiger partial charge on any atom is -0.496 e. The number of aromatic nitrogens is 3. The molecule has 0 aliphatic rings. The molecule has 6 nitrogen and oxygen atoms in total. The SMILES string of the molecule is CCn1c(SCC(=O)N(C)Cc2ccccc2C)nnc1-c1ccccc1OC. The molecule has 29 heavy (non-hydrogen) atoms. The van der Waals surface area contributed by atoms with Crippen LogP contribution in [0.4, 0.5) is 0 Å². The summed E-state index contributed by atoms with van der Waals surface area (Å²) in [6.07, 6.45) is 0. The predicted octanol–water partition coefficient (Wildman–Crippen LogP) is 4.03. The maximum absolute atomic E-state index is 12.6. The smallest absolute Gasteiger partial charge is 0.233 e. The Bertz CT molecular complexity index is 986. The number of aryl methyl sites for hydroxylation is 1. The highest BCUT2D eigenvalue weighted by atomic mass is 32.2. The highest BCUT2D eigenvalue weighted by Gasteiger charge is 2.18. The minimum atomic E-state index is 0.0581. The van der Waals surface area contributed by atoms with Crippen LogP contribution in [-0.2, 0) is 17.9 Å². The number of thioether (sulfide) groups is 1. The average Bonchev–Trinajstić information content (AvgIpc) is 3.16. The Balaban J connectivity index is 1.70. The van der Waals surface area contributed by atoms with Crippen LogP contribution in [0.5, 0.6) is 5.75 Å². The van der Waals surface area contributed by atoms with Gasteiger partial charge in [-0.15, -0.1) is 10.2 Å². The van der Waals surface area contributed by atoms with Crippen LogP contribution in [-0.4, -0.2) is 45.5 Å². The van der Waals surface area contributed by atoms with Crippen LogP contribution in [0.2, 0.25) is 0 Å². The van der Waals surface area contributed by atoms with Gasteiger partial charge in [0.2, 0.25) is 5.91 Å². The number of hydrogen-bond donors (Lipinski definition) is 0. The third-order valence-electron chi connectivity index (χ3n) is 4.80. The van der Waals surface area contributed by atoms with E-state index in [9.17, 15) is 4.79 Å². The van der Waals surface area contributed by atoms with Gasteiger partial charge in [0, 0.05) is 20.1 Å². The second-order valence-electron chi connectivity index (χ2n) is 6.72. The quantitative estimate of drug-likeness (QED) is 0.525. The summed E-state index contributed by atoms with van der Waals surface area (Å²) < 4.78 is 7.47. The molecule has 0 unspecified atom stereocenters. The Kier molecular flexibility index (Phi) is 6.93. The molecular formula is C22H26N4O2S. The van der Waals surface area contributed by atoms with E-state index < -0.39 is 0 Å². The summed E-state index contributed by atoms with van der Waals surface area (Å²) in [5.74, 6) is 1.86. The molecule has 0 radical (unpaired) electrons. The van der Waals surface area contributed by atoms with Crippen LogP contribution in [0.25, 0.3) is 11.4 Å². The molecule has 0 fully saturated rings. The number of methoxy groups -OCH3 is 1. The van der Waals surface area contributed by atoms with Crippen LogP contribution < -0.4 is 4.74 Å². The number of para-hydroxylation sites is 1. The predicted molar refractivity (Wildman–Crippen MR) is 116 cm³/mol. The molecule has 2 aromatic carbocycles. The van der Waals surface area contributed by atoms with Crippen LogP contribution in [0.1, 0.15) is 18.1 Å². The number of nitrogens with zero attached hydrogens (tertiary/aromatic N) is 4. The standard InChI is InChI=1S/C22H26N4O2S/c1-5-26-21(18-12-8-9-13-19(18)28-4)23-24-22(26)29-15-20(27)25(3)14-17-11-7-6-10-16(17)2/h6-13H,5,14-15H2,1-4H3. The van der Waals surface area contributed by atoms with E-state index in [-0.39, 0.29) is 5.91 Å². The molecule has 0 saturated carbocycles. The molecule has 3 rings (SSSR count). The van der Waals surface area contributed by atoms with Gasteiger partial charge in [0.15, 0.2) is 11.0 Å². The summed E-state index contributed by atoms with van der Waals surface area (Å²) in [6, 6.07) is 15.9. The fourth-order valence-corrected chi connectivity index (χ4v) is 4.02. The molecular weight excluding hydrogens is 384 g/mol. The van der Waals surface area contributed by atoms with Crippen molar-refractivity contribution in [2.45, 2.75) is 32.1 Å². The number of benzene rings is 2. The van der Waals surface area contributed by atoms with Crippen molar-refractivity contribution in [1.29, 1.82) is 0 Å². The first-order valence-electron chi connectivity index (χ1n) is 9.53. The van der Waals surface area contributed by atoms with Gasteiger partial charge in [0.25, 0.3) is 0 Å². The molecule has 0 saturated heterocycles. The summed E-state index contributed by atoms with van der Waals surface area (Å²) in [4.78, 5) is 14.4. The van der Waals surface area contributed by atoms with Gasteiger partial charge in [-0.3, -0.25) is 4.79 Å². The lowest BCUT2D eigenvalue weighted by Crippen LogP contribution is -2.28. The number of amides is 1. The summed E-state index contributed by atoms with van der Waals surface area (Å²) in [6.45, 7) is 5.40. The molecule has 0 bridgehead atoms. The molecule has 0 atom stereocenters. The molecule has 152 valence electrons. The Morgan fingerprint density at radius 3 is 2.59 bits per heavy atom. The number of rotatable bonds is 8. The Labute approximate surface area is 175 Å². The van der Waals surface area contributed by atoms with Gasteiger partial charge in [0.05, 0.1) is 18.4 Å². The number of carbonyl (C=O) groups excluding carboxylic acids is 1.